The predicted octanol–water partition coefficient (Wildman–Crippen LogP) is -0.322. The van der Waals surface area contributed by atoms with Gasteiger partial charge in [-0.25, -0.2) is 9.89 Å². The average molecular weight is 158 g/mol. The summed E-state index contributed by atoms with van der Waals surface area (Å²) in [7, 11) is 0. The normalized spacial score (nSPS) is 10.3. The van der Waals surface area contributed by atoms with Gasteiger partial charge in [0, 0.05) is 13.0 Å². The average Bonchev–Trinajstić information content (AvgIpc) is 2.37. The van der Waals surface area contributed by atoms with Crippen LogP contribution < -0.4 is 5.76 Å². The summed E-state index contributed by atoms with van der Waals surface area (Å²) in [5, 5.41) is 14.2. The Labute approximate surface area is 63.0 Å². The van der Waals surface area contributed by atoms with Crippen molar-refractivity contribution in [3.05, 3.63) is 16.4 Å². The summed E-state index contributed by atoms with van der Waals surface area (Å²) in [4.78, 5) is 10.4. The van der Waals surface area contributed by atoms with Crippen LogP contribution >= 0.6 is 0 Å². The molecular weight excluding hydrogens is 148 g/mol. The Hall–Kier alpha value is -1.10. The van der Waals surface area contributed by atoms with Crippen molar-refractivity contribution >= 4 is 0 Å². The summed E-state index contributed by atoms with van der Waals surface area (Å²) in [6.07, 6.45) is 2.08. The molecule has 0 unspecified atom stereocenters. The minimum Gasteiger partial charge on any atom is -0.396 e. The van der Waals surface area contributed by atoms with E-state index in [0.29, 0.717) is 18.7 Å². The van der Waals surface area contributed by atoms with Crippen LogP contribution in [0, 0.1) is 0 Å². The molecule has 0 bridgehead atoms. The minimum atomic E-state index is -0.524. The molecule has 0 atom stereocenters. The summed E-state index contributed by atoms with van der Waals surface area (Å²) >= 11 is 0. The summed E-state index contributed by atoms with van der Waals surface area (Å²) in [5.74, 6) is -0.118. The lowest BCUT2D eigenvalue weighted by Crippen LogP contribution is -1.93. The second-order valence-electron chi connectivity index (χ2n) is 2.19. The van der Waals surface area contributed by atoms with E-state index in [1.807, 2.05) is 0 Å². The van der Waals surface area contributed by atoms with Gasteiger partial charge in [-0.1, -0.05) is 0 Å². The number of nitrogens with zero attached hydrogens (tertiary/aromatic N) is 1. The SMILES string of the molecule is O=c1[nH]nc(CCCCO)o1. The van der Waals surface area contributed by atoms with Crippen molar-refractivity contribution in [2.45, 2.75) is 19.3 Å². The predicted molar refractivity (Wildman–Crippen MR) is 37.1 cm³/mol. The van der Waals surface area contributed by atoms with Crippen LogP contribution in [-0.4, -0.2) is 21.9 Å². The van der Waals surface area contributed by atoms with Crippen LogP contribution in [0.25, 0.3) is 0 Å². The van der Waals surface area contributed by atoms with Gasteiger partial charge in [-0.05, 0) is 12.8 Å². The minimum absolute atomic E-state index is 0.161. The fourth-order valence-electron chi connectivity index (χ4n) is 0.756. The highest BCUT2D eigenvalue weighted by Gasteiger charge is 1.98. The third-order valence-corrected chi connectivity index (χ3v) is 1.28. The van der Waals surface area contributed by atoms with E-state index in [1.54, 1.807) is 0 Å². The molecule has 0 saturated heterocycles. The highest BCUT2D eigenvalue weighted by atomic mass is 16.4. The molecule has 0 aliphatic rings. The van der Waals surface area contributed by atoms with Gasteiger partial charge in [0.05, 0.1) is 0 Å². The number of hydrogen-bond acceptors (Lipinski definition) is 4. The number of H-pyrrole nitrogens is 1. The fraction of sp³-hybridized carbons (Fsp3) is 0.667. The van der Waals surface area contributed by atoms with E-state index in [9.17, 15) is 4.79 Å². The Bertz CT molecular complexity index is 252. The van der Waals surface area contributed by atoms with Crippen LogP contribution in [0.15, 0.2) is 9.21 Å². The fourth-order valence-corrected chi connectivity index (χ4v) is 0.756. The number of unbranched alkanes of at least 4 members (excludes halogenated alkanes) is 1. The van der Waals surface area contributed by atoms with Gasteiger partial charge in [0.1, 0.15) is 0 Å². The molecule has 0 fully saturated rings. The molecule has 1 aromatic rings. The Morgan fingerprint density at radius 2 is 2.36 bits per heavy atom. The van der Waals surface area contributed by atoms with Crippen molar-refractivity contribution in [1.29, 1.82) is 0 Å². The van der Waals surface area contributed by atoms with Gasteiger partial charge in [0.25, 0.3) is 0 Å². The Morgan fingerprint density at radius 3 is 2.91 bits per heavy atom. The van der Waals surface area contributed by atoms with E-state index in [4.69, 9.17) is 5.11 Å². The van der Waals surface area contributed by atoms with E-state index < -0.39 is 5.76 Å². The molecular formula is C6H10N2O3. The van der Waals surface area contributed by atoms with Gasteiger partial charge < -0.3 is 9.52 Å². The molecule has 1 rings (SSSR count). The summed E-state index contributed by atoms with van der Waals surface area (Å²) in [5.41, 5.74) is 0. The first kappa shape index (κ1) is 8.00. The van der Waals surface area contributed by atoms with Crippen molar-refractivity contribution < 1.29 is 9.52 Å². The summed E-state index contributed by atoms with van der Waals surface area (Å²) < 4.78 is 4.63. The van der Waals surface area contributed by atoms with Gasteiger partial charge in [-0.15, -0.1) is 5.10 Å². The van der Waals surface area contributed by atoms with Crippen LogP contribution in [0.4, 0.5) is 0 Å². The molecule has 1 heterocycles. The van der Waals surface area contributed by atoms with E-state index in [0.717, 1.165) is 6.42 Å². The van der Waals surface area contributed by atoms with Crippen molar-refractivity contribution in [1.82, 2.24) is 10.2 Å². The van der Waals surface area contributed by atoms with Gasteiger partial charge in [-0.3, -0.25) is 0 Å². The lowest BCUT2D eigenvalue weighted by atomic mass is 10.2. The van der Waals surface area contributed by atoms with E-state index in [-0.39, 0.29) is 6.61 Å². The van der Waals surface area contributed by atoms with Crippen LogP contribution in [0.5, 0.6) is 0 Å². The number of aromatic nitrogens is 2. The van der Waals surface area contributed by atoms with Crippen LogP contribution in [0.1, 0.15) is 18.7 Å². The Balaban J connectivity index is 2.33. The molecule has 62 valence electrons. The monoisotopic (exact) mass is 158 g/mol. The topological polar surface area (TPSA) is 79.1 Å². The first-order valence-corrected chi connectivity index (χ1v) is 3.48. The number of aryl methyl sites for hydroxylation is 1. The zero-order valence-corrected chi connectivity index (χ0v) is 6.04. The zero-order valence-electron chi connectivity index (χ0n) is 6.04. The molecule has 0 radical (unpaired) electrons. The van der Waals surface area contributed by atoms with Gasteiger partial charge in [0.2, 0.25) is 5.89 Å². The highest BCUT2D eigenvalue weighted by Crippen LogP contribution is 1.96. The Kier molecular flexibility index (Phi) is 2.85. The zero-order chi connectivity index (χ0) is 8.10. The third-order valence-electron chi connectivity index (χ3n) is 1.28. The quantitative estimate of drug-likeness (QED) is 0.588. The molecule has 0 amide bonds. The lowest BCUT2D eigenvalue weighted by molar-refractivity contribution is 0.282. The number of nitrogens with one attached hydrogen (secondary N) is 1. The lowest BCUT2D eigenvalue weighted by Gasteiger charge is -1.90. The molecule has 0 aromatic carbocycles. The summed E-state index contributed by atoms with van der Waals surface area (Å²) in [6.45, 7) is 0.161. The van der Waals surface area contributed by atoms with Crippen LogP contribution in [0.2, 0.25) is 0 Å². The molecule has 0 saturated carbocycles. The molecule has 5 heteroatoms. The maximum absolute atomic E-state index is 10.4. The summed E-state index contributed by atoms with van der Waals surface area (Å²) in [6, 6.07) is 0. The van der Waals surface area contributed by atoms with E-state index in [2.05, 4.69) is 14.6 Å². The molecule has 1 aromatic heterocycles. The maximum Gasteiger partial charge on any atom is 0.434 e. The third kappa shape index (κ3) is 2.55. The maximum atomic E-state index is 10.4. The molecule has 0 spiro atoms. The molecule has 0 aliphatic heterocycles. The standard InChI is InChI=1S/C6H10N2O3/c9-4-2-1-3-5-7-8-6(10)11-5/h9H,1-4H2,(H,8,10). The number of hydrogen-bond donors (Lipinski definition) is 2. The van der Waals surface area contributed by atoms with E-state index in [1.165, 1.54) is 0 Å². The molecule has 2 N–H and O–H groups in total. The Morgan fingerprint density at radius 1 is 1.55 bits per heavy atom. The van der Waals surface area contributed by atoms with Gasteiger partial charge in [0.15, 0.2) is 0 Å². The van der Waals surface area contributed by atoms with E-state index >= 15 is 0 Å². The first-order valence-electron chi connectivity index (χ1n) is 3.48. The second kappa shape index (κ2) is 3.92. The number of rotatable bonds is 4. The smallest absolute Gasteiger partial charge is 0.396 e. The van der Waals surface area contributed by atoms with Gasteiger partial charge in [-0.2, -0.15) is 0 Å². The molecule has 5 nitrogen and oxygen atoms in total. The first-order chi connectivity index (χ1) is 5.33. The van der Waals surface area contributed by atoms with Crippen molar-refractivity contribution in [2.75, 3.05) is 6.61 Å². The van der Waals surface area contributed by atoms with Crippen LogP contribution in [0.3, 0.4) is 0 Å². The molecule has 0 aliphatic carbocycles. The number of aliphatic hydroxyl groups excluding tert-OH is 1. The number of aromatic amines is 1. The van der Waals surface area contributed by atoms with Crippen molar-refractivity contribution in [2.24, 2.45) is 0 Å². The van der Waals surface area contributed by atoms with Crippen molar-refractivity contribution in [3.8, 4) is 0 Å². The van der Waals surface area contributed by atoms with Crippen molar-refractivity contribution in [3.63, 3.8) is 0 Å². The van der Waals surface area contributed by atoms with Gasteiger partial charge >= 0.3 is 5.76 Å². The number of aliphatic hydroxyl groups is 1. The largest absolute Gasteiger partial charge is 0.434 e. The molecule has 11 heavy (non-hydrogen) atoms. The highest BCUT2D eigenvalue weighted by molar-refractivity contribution is 4.72. The second-order valence-corrected chi connectivity index (χ2v) is 2.19. The van der Waals surface area contributed by atoms with Crippen LogP contribution in [-0.2, 0) is 6.42 Å².